The summed E-state index contributed by atoms with van der Waals surface area (Å²) in [6.07, 6.45) is 4.32. The standard InChI is InChI=1S/C13H15N3O/c1-8(14)13(17)9-2-5-12-11(6-9)15-7-16(12)10-3-4-10/h2,5-8,10H,3-4,14H2,1H3. The number of aromatic nitrogens is 2. The average Bonchev–Trinajstić information content (AvgIpc) is 3.07. The van der Waals surface area contributed by atoms with Crippen molar-refractivity contribution < 1.29 is 4.79 Å². The van der Waals surface area contributed by atoms with Gasteiger partial charge in [0.1, 0.15) is 0 Å². The van der Waals surface area contributed by atoms with E-state index in [1.165, 1.54) is 12.8 Å². The summed E-state index contributed by atoms with van der Waals surface area (Å²) in [4.78, 5) is 16.1. The monoisotopic (exact) mass is 229 g/mol. The Morgan fingerprint density at radius 1 is 1.53 bits per heavy atom. The lowest BCUT2D eigenvalue weighted by molar-refractivity contribution is 0.0968. The van der Waals surface area contributed by atoms with Gasteiger partial charge in [-0.1, -0.05) is 0 Å². The minimum absolute atomic E-state index is 0.0344. The second-order valence-corrected chi connectivity index (χ2v) is 4.74. The Balaban J connectivity index is 2.05. The third-order valence-corrected chi connectivity index (χ3v) is 3.21. The molecule has 0 bridgehead atoms. The Bertz CT molecular complexity index is 581. The summed E-state index contributed by atoms with van der Waals surface area (Å²) in [5, 5.41) is 0. The fraction of sp³-hybridized carbons (Fsp3) is 0.385. The summed E-state index contributed by atoms with van der Waals surface area (Å²) in [5.74, 6) is -0.0344. The van der Waals surface area contributed by atoms with Crippen molar-refractivity contribution in [1.82, 2.24) is 9.55 Å². The number of ketones is 1. The van der Waals surface area contributed by atoms with Crippen LogP contribution in [0.15, 0.2) is 24.5 Å². The molecule has 0 aliphatic heterocycles. The fourth-order valence-corrected chi connectivity index (χ4v) is 2.09. The zero-order chi connectivity index (χ0) is 12.0. The van der Waals surface area contributed by atoms with Gasteiger partial charge < -0.3 is 10.3 Å². The number of carbonyl (C=O) groups excluding carboxylic acids is 1. The number of Topliss-reactive ketones (excluding diaryl/α,β-unsaturated/α-hetero) is 1. The van der Waals surface area contributed by atoms with E-state index in [0.717, 1.165) is 11.0 Å². The van der Waals surface area contributed by atoms with E-state index in [0.29, 0.717) is 11.6 Å². The Morgan fingerprint density at radius 3 is 2.94 bits per heavy atom. The normalized spacial score (nSPS) is 17.3. The molecule has 1 aromatic heterocycles. The number of imidazole rings is 1. The van der Waals surface area contributed by atoms with Crippen LogP contribution < -0.4 is 5.73 Å². The van der Waals surface area contributed by atoms with Crippen molar-refractivity contribution in [2.24, 2.45) is 5.73 Å². The molecular formula is C13H15N3O. The molecule has 1 heterocycles. The number of benzene rings is 1. The molecule has 0 radical (unpaired) electrons. The zero-order valence-corrected chi connectivity index (χ0v) is 9.76. The minimum atomic E-state index is -0.460. The van der Waals surface area contributed by atoms with Crippen molar-refractivity contribution in [1.29, 1.82) is 0 Å². The predicted molar refractivity (Wildman–Crippen MR) is 66.0 cm³/mol. The molecule has 1 aliphatic rings. The van der Waals surface area contributed by atoms with E-state index in [9.17, 15) is 4.79 Å². The SMILES string of the molecule is CC(N)C(=O)c1ccc2c(c1)ncn2C1CC1. The van der Waals surface area contributed by atoms with Crippen LogP contribution in [0.25, 0.3) is 11.0 Å². The van der Waals surface area contributed by atoms with E-state index >= 15 is 0 Å². The maximum atomic E-state index is 11.8. The highest BCUT2D eigenvalue weighted by molar-refractivity contribution is 6.01. The lowest BCUT2D eigenvalue weighted by Crippen LogP contribution is -2.26. The van der Waals surface area contributed by atoms with Gasteiger partial charge in [-0.15, -0.1) is 0 Å². The molecule has 1 aliphatic carbocycles. The first kappa shape index (κ1) is 10.5. The molecule has 2 aromatic rings. The molecule has 1 aromatic carbocycles. The number of fused-ring (bicyclic) bond motifs is 1. The number of nitrogens with zero attached hydrogens (tertiary/aromatic N) is 2. The summed E-state index contributed by atoms with van der Waals surface area (Å²) >= 11 is 0. The lowest BCUT2D eigenvalue weighted by atomic mass is 10.1. The van der Waals surface area contributed by atoms with E-state index < -0.39 is 6.04 Å². The van der Waals surface area contributed by atoms with Crippen LogP contribution in [0, 0.1) is 0 Å². The molecule has 1 saturated carbocycles. The van der Waals surface area contributed by atoms with Gasteiger partial charge in [0.25, 0.3) is 0 Å². The zero-order valence-electron chi connectivity index (χ0n) is 9.76. The molecule has 17 heavy (non-hydrogen) atoms. The fourth-order valence-electron chi connectivity index (χ4n) is 2.09. The summed E-state index contributed by atoms with van der Waals surface area (Å²) < 4.78 is 2.19. The van der Waals surface area contributed by atoms with Crippen molar-refractivity contribution in [3.05, 3.63) is 30.1 Å². The highest BCUT2D eigenvalue weighted by Gasteiger charge is 2.25. The first-order chi connectivity index (χ1) is 8.16. The number of nitrogens with two attached hydrogens (primary N) is 1. The lowest BCUT2D eigenvalue weighted by Gasteiger charge is -2.05. The second kappa shape index (κ2) is 3.67. The van der Waals surface area contributed by atoms with Gasteiger partial charge in [-0.05, 0) is 38.0 Å². The molecule has 3 rings (SSSR count). The van der Waals surface area contributed by atoms with Crippen LogP contribution in [-0.2, 0) is 0 Å². The van der Waals surface area contributed by atoms with Gasteiger partial charge >= 0.3 is 0 Å². The first-order valence-electron chi connectivity index (χ1n) is 5.93. The Hall–Kier alpha value is -1.68. The third kappa shape index (κ3) is 1.74. The van der Waals surface area contributed by atoms with Gasteiger partial charge in [0.15, 0.2) is 5.78 Å². The second-order valence-electron chi connectivity index (χ2n) is 4.74. The predicted octanol–water partition coefficient (Wildman–Crippen LogP) is 1.90. The molecule has 4 nitrogen and oxygen atoms in total. The number of hydrogen-bond donors (Lipinski definition) is 1. The van der Waals surface area contributed by atoms with Crippen LogP contribution in [0.5, 0.6) is 0 Å². The molecule has 0 amide bonds. The topological polar surface area (TPSA) is 60.9 Å². The summed E-state index contributed by atoms with van der Waals surface area (Å²) in [6, 6.07) is 5.79. The maximum Gasteiger partial charge on any atom is 0.179 e. The molecule has 0 saturated heterocycles. The Labute approximate surface area is 99.4 Å². The highest BCUT2D eigenvalue weighted by Crippen LogP contribution is 2.37. The number of carbonyl (C=O) groups is 1. The minimum Gasteiger partial charge on any atom is -0.327 e. The molecule has 0 spiro atoms. The van der Waals surface area contributed by atoms with Gasteiger partial charge in [-0.25, -0.2) is 4.98 Å². The van der Waals surface area contributed by atoms with E-state index in [4.69, 9.17) is 5.73 Å². The van der Waals surface area contributed by atoms with Gasteiger partial charge in [-0.2, -0.15) is 0 Å². The van der Waals surface area contributed by atoms with Crippen molar-refractivity contribution in [2.45, 2.75) is 31.8 Å². The van der Waals surface area contributed by atoms with E-state index in [2.05, 4.69) is 9.55 Å². The van der Waals surface area contributed by atoms with Gasteiger partial charge in [0.05, 0.1) is 23.4 Å². The number of hydrogen-bond acceptors (Lipinski definition) is 3. The molecular weight excluding hydrogens is 214 g/mol. The van der Waals surface area contributed by atoms with Crippen LogP contribution >= 0.6 is 0 Å². The van der Waals surface area contributed by atoms with Crippen LogP contribution in [0.3, 0.4) is 0 Å². The van der Waals surface area contributed by atoms with Gasteiger partial charge in [0.2, 0.25) is 0 Å². The average molecular weight is 229 g/mol. The van der Waals surface area contributed by atoms with E-state index in [1.54, 1.807) is 6.92 Å². The molecule has 4 heteroatoms. The molecule has 2 N–H and O–H groups in total. The van der Waals surface area contributed by atoms with E-state index in [-0.39, 0.29) is 5.78 Å². The van der Waals surface area contributed by atoms with Gasteiger partial charge in [0, 0.05) is 11.6 Å². The van der Waals surface area contributed by atoms with Crippen molar-refractivity contribution in [3.63, 3.8) is 0 Å². The smallest absolute Gasteiger partial charge is 0.179 e. The maximum absolute atomic E-state index is 11.8. The quantitative estimate of drug-likeness (QED) is 0.818. The third-order valence-electron chi connectivity index (χ3n) is 3.21. The summed E-state index contributed by atoms with van der Waals surface area (Å²) in [5.41, 5.74) is 8.23. The van der Waals surface area contributed by atoms with Crippen LogP contribution in [-0.4, -0.2) is 21.4 Å². The first-order valence-corrected chi connectivity index (χ1v) is 5.93. The van der Waals surface area contributed by atoms with E-state index in [1.807, 2.05) is 24.5 Å². The van der Waals surface area contributed by atoms with Crippen molar-refractivity contribution >= 4 is 16.8 Å². The molecule has 1 fully saturated rings. The Kier molecular flexibility index (Phi) is 2.26. The largest absolute Gasteiger partial charge is 0.327 e. The van der Waals surface area contributed by atoms with Gasteiger partial charge in [-0.3, -0.25) is 4.79 Å². The summed E-state index contributed by atoms with van der Waals surface area (Å²) in [6.45, 7) is 1.70. The van der Waals surface area contributed by atoms with Crippen LogP contribution in [0.1, 0.15) is 36.2 Å². The van der Waals surface area contributed by atoms with Crippen molar-refractivity contribution in [2.75, 3.05) is 0 Å². The van der Waals surface area contributed by atoms with Crippen molar-refractivity contribution in [3.8, 4) is 0 Å². The summed E-state index contributed by atoms with van der Waals surface area (Å²) in [7, 11) is 0. The molecule has 1 atom stereocenters. The van der Waals surface area contributed by atoms with Crippen LogP contribution in [0.2, 0.25) is 0 Å². The highest BCUT2D eigenvalue weighted by atomic mass is 16.1. The number of rotatable bonds is 3. The Morgan fingerprint density at radius 2 is 2.29 bits per heavy atom. The molecule has 88 valence electrons. The molecule has 1 unspecified atom stereocenters. The van der Waals surface area contributed by atoms with Crippen LogP contribution in [0.4, 0.5) is 0 Å².